The average molecular weight is 367 g/mol. The highest BCUT2D eigenvalue weighted by atomic mass is 32.2. The van der Waals surface area contributed by atoms with Crippen LogP contribution in [0.1, 0.15) is 39.2 Å². The summed E-state index contributed by atoms with van der Waals surface area (Å²) in [4.78, 5) is 14.1. The molecule has 2 bridgehead atoms. The molecule has 1 amide bonds. The smallest absolute Gasteiger partial charge is 0.410 e. The summed E-state index contributed by atoms with van der Waals surface area (Å²) in [7, 11) is -3.75. The monoisotopic (exact) mass is 367 g/mol. The Kier molecular flexibility index (Phi) is 4.36. The number of hydrogen-bond acceptors (Lipinski definition) is 5. The van der Waals surface area contributed by atoms with E-state index in [0.29, 0.717) is 12.8 Å². The Balaban J connectivity index is 1.91. The first-order valence-corrected chi connectivity index (χ1v) is 10.1. The van der Waals surface area contributed by atoms with Crippen LogP contribution in [0.3, 0.4) is 0 Å². The first kappa shape index (κ1) is 18.2. The summed E-state index contributed by atoms with van der Waals surface area (Å²) >= 11 is 0. The third kappa shape index (κ3) is 3.15. The van der Waals surface area contributed by atoms with Crippen LogP contribution < -0.4 is 0 Å². The van der Waals surface area contributed by atoms with Crippen molar-refractivity contribution in [3.05, 3.63) is 29.8 Å². The van der Waals surface area contributed by atoms with Gasteiger partial charge >= 0.3 is 6.09 Å². The molecular weight excluding hydrogens is 342 g/mol. The number of fused-ring (bicyclic) bond motifs is 2. The zero-order chi connectivity index (χ0) is 18.6. The van der Waals surface area contributed by atoms with E-state index >= 15 is 0 Å². The van der Waals surface area contributed by atoms with Crippen molar-refractivity contribution in [2.24, 2.45) is 0 Å². The van der Waals surface area contributed by atoms with Crippen LogP contribution in [-0.4, -0.2) is 53.6 Å². The first-order chi connectivity index (χ1) is 11.5. The average Bonchev–Trinajstić information content (AvgIpc) is 3.01. The maximum Gasteiger partial charge on any atom is 0.410 e. The Morgan fingerprint density at radius 3 is 2.28 bits per heavy atom. The van der Waals surface area contributed by atoms with E-state index in [4.69, 9.17) is 4.74 Å². The summed E-state index contributed by atoms with van der Waals surface area (Å²) < 4.78 is 31.5. The van der Waals surface area contributed by atoms with Crippen LogP contribution in [0.5, 0.6) is 0 Å². The highest BCUT2D eigenvalue weighted by molar-refractivity contribution is 7.92. The van der Waals surface area contributed by atoms with Crippen molar-refractivity contribution in [3.63, 3.8) is 0 Å². The normalized spacial score (nSPS) is 29.1. The van der Waals surface area contributed by atoms with E-state index in [-0.39, 0.29) is 4.90 Å². The lowest BCUT2D eigenvalue weighted by Gasteiger charge is -2.28. The number of benzene rings is 1. The molecule has 3 rings (SSSR count). The topological polar surface area (TPSA) is 83.9 Å². The molecule has 0 aliphatic carbocycles. The van der Waals surface area contributed by atoms with Crippen LogP contribution >= 0.6 is 0 Å². The van der Waals surface area contributed by atoms with Crippen molar-refractivity contribution in [3.8, 4) is 0 Å². The minimum Gasteiger partial charge on any atom is -0.444 e. The molecule has 0 saturated carbocycles. The van der Waals surface area contributed by atoms with Gasteiger partial charge in [-0.1, -0.05) is 17.7 Å². The number of carbonyl (C=O) groups is 1. The highest BCUT2D eigenvalue weighted by Gasteiger charge is 2.60. The molecule has 0 unspecified atom stereocenters. The largest absolute Gasteiger partial charge is 0.444 e. The zero-order valence-corrected chi connectivity index (χ0v) is 15.8. The van der Waals surface area contributed by atoms with Crippen molar-refractivity contribution in [2.45, 2.75) is 74.5 Å². The molecule has 2 fully saturated rings. The van der Waals surface area contributed by atoms with Crippen LogP contribution in [0, 0.1) is 6.92 Å². The summed E-state index contributed by atoms with van der Waals surface area (Å²) in [5.41, 5.74) is 0.290. The molecule has 6 nitrogen and oxygen atoms in total. The highest BCUT2D eigenvalue weighted by Crippen LogP contribution is 2.43. The predicted octanol–water partition coefficient (Wildman–Crippen LogP) is 2.28. The van der Waals surface area contributed by atoms with Gasteiger partial charge in [-0.25, -0.2) is 13.2 Å². The summed E-state index contributed by atoms with van der Waals surface area (Å²) in [5, 5.41) is 9.61. The Labute approximate surface area is 148 Å². The number of aryl methyl sites for hydroxylation is 1. The van der Waals surface area contributed by atoms with Gasteiger partial charge in [-0.2, -0.15) is 0 Å². The third-order valence-corrected chi connectivity index (χ3v) is 7.13. The molecule has 25 heavy (non-hydrogen) atoms. The van der Waals surface area contributed by atoms with Crippen molar-refractivity contribution in [2.75, 3.05) is 0 Å². The number of carbonyl (C=O) groups excluding carboxylic acids is 1. The second-order valence-electron chi connectivity index (χ2n) is 7.91. The number of aliphatic hydroxyl groups excluding tert-OH is 1. The van der Waals surface area contributed by atoms with Gasteiger partial charge in [-0.15, -0.1) is 0 Å². The molecule has 2 aliphatic heterocycles. The fourth-order valence-electron chi connectivity index (χ4n) is 3.83. The van der Waals surface area contributed by atoms with Crippen LogP contribution in [0.2, 0.25) is 0 Å². The lowest BCUT2D eigenvalue weighted by Crippen LogP contribution is -2.43. The minimum atomic E-state index is -3.75. The molecule has 0 spiro atoms. The first-order valence-electron chi connectivity index (χ1n) is 8.52. The predicted molar refractivity (Wildman–Crippen MR) is 93.0 cm³/mol. The van der Waals surface area contributed by atoms with E-state index < -0.39 is 45.0 Å². The van der Waals surface area contributed by atoms with Gasteiger partial charge in [0.15, 0.2) is 9.84 Å². The maximum absolute atomic E-state index is 13.1. The van der Waals surface area contributed by atoms with Gasteiger partial charge in [0.2, 0.25) is 0 Å². The van der Waals surface area contributed by atoms with Gasteiger partial charge in [-0.3, -0.25) is 4.90 Å². The molecule has 4 atom stereocenters. The molecule has 2 aliphatic rings. The molecule has 7 heteroatoms. The number of sulfone groups is 1. The van der Waals surface area contributed by atoms with Crippen molar-refractivity contribution in [1.29, 1.82) is 0 Å². The summed E-state index contributed by atoms with van der Waals surface area (Å²) in [6.07, 6.45) is -0.514. The van der Waals surface area contributed by atoms with Crippen molar-refractivity contribution in [1.82, 2.24) is 4.90 Å². The van der Waals surface area contributed by atoms with Crippen LogP contribution in [0.25, 0.3) is 0 Å². The Morgan fingerprint density at radius 1 is 1.16 bits per heavy atom. The Hall–Kier alpha value is -1.60. The number of nitrogens with zero attached hydrogens (tertiary/aromatic N) is 1. The zero-order valence-electron chi connectivity index (χ0n) is 15.0. The van der Waals surface area contributed by atoms with Gasteiger partial charge in [0.1, 0.15) is 10.9 Å². The van der Waals surface area contributed by atoms with Crippen molar-refractivity contribution >= 4 is 15.9 Å². The number of aliphatic hydroxyl groups is 1. The molecule has 1 aromatic carbocycles. The van der Waals surface area contributed by atoms with Gasteiger partial charge < -0.3 is 9.84 Å². The lowest BCUT2D eigenvalue weighted by molar-refractivity contribution is 0.0170. The third-order valence-electron chi connectivity index (χ3n) is 4.89. The molecule has 1 aromatic rings. The second-order valence-corrected chi connectivity index (χ2v) is 10.0. The maximum atomic E-state index is 13.1. The molecule has 1 N–H and O–H groups in total. The Bertz CT molecular complexity index is 766. The van der Waals surface area contributed by atoms with Crippen LogP contribution in [0.4, 0.5) is 4.79 Å². The summed E-state index contributed by atoms with van der Waals surface area (Å²) in [6.45, 7) is 7.17. The van der Waals surface area contributed by atoms with E-state index in [2.05, 4.69) is 0 Å². The standard InChI is InChI=1S/C18H25NO5S/c1-11-5-7-12(8-6-11)25(22,23)16-14-10-9-13(15(16)20)19(14)17(21)24-18(2,3)4/h5-8,13-16,20H,9-10H2,1-4H3/t13-,14+,15+,16-/m1/s1. The molecule has 2 saturated heterocycles. The second kappa shape index (κ2) is 5.99. The number of ether oxygens (including phenoxy) is 1. The van der Waals surface area contributed by atoms with Gasteiger partial charge in [0.05, 0.1) is 23.1 Å². The number of rotatable bonds is 2. The van der Waals surface area contributed by atoms with E-state index in [1.807, 2.05) is 6.92 Å². The minimum absolute atomic E-state index is 0.179. The number of amides is 1. The quantitative estimate of drug-likeness (QED) is 0.867. The molecule has 138 valence electrons. The van der Waals surface area contributed by atoms with E-state index in [1.165, 1.54) is 4.90 Å². The molecule has 2 heterocycles. The fraction of sp³-hybridized carbons (Fsp3) is 0.611. The summed E-state index contributed by atoms with van der Waals surface area (Å²) in [5.74, 6) is 0. The van der Waals surface area contributed by atoms with E-state index in [1.54, 1.807) is 45.0 Å². The van der Waals surface area contributed by atoms with Gasteiger partial charge in [0, 0.05) is 0 Å². The van der Waals surface area contributed by atoms with Gasteiger partial charge in [-0.05, 0) is 52.7 Å². The van der Waals surface area contributed by atoms with E-state index in [9.17, 15) is 18.3 Å². The van der Waals surface area contributed by atoms with Crippen LogP contribution in [0.15, 0.2) is 29.2 Å². The van der Waals surface area contributed by atoms with Crippen molar-refractivity contribution < 1.29 is 23.1 Å². The molecule has 0 radical (unpaired) electrons. The van der Waals surface area contributed by atoms with Crippen LogP contribution in [-0.2, 0) is 14.6 Å². The molecular formula is C18H25NO5S. The lowest BCUT2D eigenvalue weighted by atomic mass is 9.97. The van der Waals surface area contributed by atoms with Gasteiger partial charge in [0.25, 0.3) is 0 Å². The SMILES string of the molecule is Cc1ccc(S(=O)(=O)[C@H]2[C@@H](O)[C@H]3CC[C@@H]2N3C(=O)OC(C)(C)C)cc1. The van der Waals surface area contributed by atoms with E-state index in [0.717, 1.165) is 5.56 Å². The Morgan fingerprint density at radius 2 is 1.72 bits per heavy atom. The summed E-state index contributed by atoms with van der Waals surface area (Å²) in [6, 6.07) is 5.52. The fourth-order valence-corrected chi connectivity index (χ4v) is 5.89. The molecule has 0 aromatic heterocycles. The number of hydrogen-bond donors (Lipinski definition) is 1.